The van der Waals surface area contributed by atoms with E-state index in [1.165, 1.54) is 12.3 Å². The van der Waals surface area contributed by atoms with Crippen LogP contribution in [0, 0.1) is 0 Å². The van der Waals surface area contributed by atoms with Crippen LogP contribution in [0.5, 0.6) is 0 Å². The molecule has 1 fully saturated rings. The van der Waals surface area contributed by atoms with Crippen molar-refractivity contribution in [2.24, 2.45) is 4.99 Å². The molecule has 0 spiro atoms. The molecule has 9 heteroatoms. The van der Waals surface area contributed by atoms with Crippen molar-refractivity contribution in [3.8, 4) is 0 Å². The van der Waals surface area contributed by atoms with Crippen LogP contribution in [-0.2, 0) is 11.0 Å². The number of benzene rings is 1. The lowest BCUT2D eigenvalue weighted by Crippen LogP contribution is -2.43. The van der Waals surface area contributed by atoms with E-state index in [4.69, 9.17) is 0 Å². The molecule has 1 saturated heterocycles. The summed E-state index contributed by atoms with van der Waals surface area (Å²) in [5, 5.41) is 2.91. The first-order valence-electron chi connectivity index (χ1n) is 8.49. The average Bonchev–Trinajstić information content (AvgIpc) is 3.25. The van der Waals surface area contributed by atoms with Gasteiger partial charge in [0.2, 0.25) is 5.91 Å². The van der Waals surface area contributed by atoms with Crippen LogP contribution in [0.15, 0.2) is 29.4 Å². The molecule has 0 aliphatic carbocycles. The second kappa shape index (κ2) is 7.42. The summed E-state index contributed by atoms with van der Waals surface area (Å²) in [6, 6.07) is 3.07. The van der Waals surface area contributed by atoms with Crippen LogP contribution in [0.1, 0.15) is 28.8 Å². The summed E-state index contributed by atoms with van der Waals surface area (Å²) in [6.45, 7) is 0.429. The Morgan fingerprint density at radius 2 is 2.19 bits per heavy atom. The number of alkyl halides is 3. The quantitative estimate of drug-likeness (QED) is 0.800. The Balaban J connectivity index is 1.69. The van der Waals surface area contributed by atoms with Gasteiger partial charge in [0, 0.05) is 36.9 Å². The van der Waals surface area contributed by atoms with Crippen LogP contribution in [-0.4, -0.2) is 54.1 Å². The minimum atomic E-state index is -4.46. The molecule has 1 aromatic heterocycles. The lowest BCUT2D eigenvalue weighted by atomic mass is 10.1. The molecule has 144 valence electrons. The topological polar surface area (TPSA) is 77.6 Å². The van der Waals surface area contributed by atoms with Crippen LogP contribution in [0.4, 0.5) is 13.2 Å². The summed E-state index contributed by atoms with van der Waals surface area (Å²) in [5.41, 5.74) is -0.392. The third kappa shape index (κ3) is 3.96. The number of nitrogens with zero attached hydrogens (tertiary/aromatic N) is 2. The zero-order valence-corrected chi connectivity index (χ0v) is 14.6. The predicted octanol–water partition coefficient (Wildman–Crippen LogP) is 2.61. The average molecular weight is 380 g/mol. The highest BCUT2D eigenvalue weighted by molar-refractivity contribution is 6.07. The Hall–Kier alpha value is -2.84. The number of carbonyl (C=O) groups excluding carboxylic acids is 2. The molecule has 1 aliphatic rings. The number of aromatic amines is 1. The van der Waals surface area contributed by atoms with Crippen molar-refractivity contribution in [1.82, 2.24) is 15.2 Å². The van der Waals surface area contributed by atoms with Gasteiger partial charge in [-0.3, -0.25) is 14.6 Å². The van der Waals surface area contributed by atoms with Crippen molar-refractivity contribution in [3.05, 3.63) is 35.5 Å². The maximum Gasteiger partial charge on any atom is 0.416 e. The van der Waals surface area contributed by atoms with E-state index in [0.29, 0.717) is 11.9 Å². The van der Waals surface area contributed by atoms with Gasteiger partial charge >= 0.3 is 6.18 Å². The van der Waals surface area contributed by atoms with E-state index in [1.54, 1.807) is 18.2 Å². The number of rotatable bonds is 4. The first-order chi connectivity index (χ1) is 12.8. The zero-order chi connectivity index (χ0) is 19.6. The molecule has 0 unspecified atom stereocenters. The summed E-state index contributed by atoms with van der Waals surface area (Å²) in [5.74, 6) is -0.737. The molecule has 2 aromatic rings. The Bertz CT molecular complexity index is 888. The van der Waals surface area contributed by atoms with Crippen molar-refractivity contribution < 1.29 is 22.8 Å². The van der Waals surface area contributed by atoms with E-state index in [9.17, 15) is 22.8 Å². The van der Waals surface area contributed by atoms with E-state index < -0.39 is 17.6 Å². The number of likely N-dealkylation sites (tertiary alicyclic amines) is 1. The number of nitrogens with one attached hydrogen (secondary N) is 2. The fourth-order valence-corrected chi connectivity index (χ4v) is 3.27. The first-order valence-corrected chi connectivity index (χ1v) is 8.49. The SMILES string of the molecule is CN=C[C@@H]1CCCN1C(=O)CNC(=O)c1c[nH]c2cc(C(F)(F)F)ccc12. The maximum absolute atomic E-state index is 12.8. The third-order valence-electron chi connectivity index (χ3n) is 4.59. The molecule has 1 aromatic carbocycles. The summed E-state index contributed by atoms with van der Waals surface area (Å²) < 4.78 is 38.3. The fraction of sp³-hybridized carbons (Fsp3) is 0.389. The highest BCUT2D eigenvalue weighted by Crippen LogP contribution is 2.32. The van der Waals surface area contributed by atoms with Crippen LogP contribution in [0.2, 0.25) is 0 Å². The van der Waals surface area contributed by atoms with Crippen molar-refractivity contribution >= 4 is 28.9 Å². The minimum Gasteiger partial charge on any atom is -0.360 e. The first kappa shape index (κ1) is 18.9. The van der Waals surface area contributed by atoms with Crippen LogP contribution in [0.3, 0.4) is 0 Å². The molecular formula is C18H19F3N4O2. The van der Waals surface area contributed by atoms with Gasteiger partial charge in [0.15, 0.2) is 0 Å². The Morgan fingerprint density at radius 3 is 2.89 bits per heavy atom. The Labute approximate surface area is 153 Å². The van der Waals surface area contributed by atoms with Gasteiger partial charge in [0.05, 0.1) is 23.7 Å². The van der Waals surface area contributed by atoms with Gasteiger partial charge in [-0.1, -0.05) is 6.07 Å². The van der Waals surface area contributed by atoms with E-state index in [0.717, 1.165) is 25.0 Å². The lowest BCUT2D eigenvalue weighted by molar-refractivity contribution is -0.137. The van der Waals surface area contributed by atoms with Crippen LogP contribution >= 0.6 is 0 Å². The molecule has 3 rings (SSSR count). The minimum absolute atomic E-state index is 0.0618. The van der Waals surface area contributed by atoms with Crippen molar-refractivity contribution in [3.63, 3.8) is 0 Å². The number of amides is 2. The third-order valence-corrected chi connectivity index (χ3v) is 4.59. The summed E-state index contributed by atoms with van der Waals surface area (Å²) in [4.78, 5) is 33.0. The van der Waals surface area contributed by atoms with Gasteiger partial charge in [-0.25, -0.2) is 0 Å². The molecule has 1 atom stereocenters. The molecule has 0 saturated carbocycles. The van der Waals surface area contributed by atoms with Gasteiger partial charge in [-0.2, -0.15) is 13.2 Å². The van der Waals surface area contributed by atoms with Gasteiger partial charge in [-0.15, -0.1) is 0 Å². The molecule has 2 N–H and O–H groups in total. The Kier molecular flexibility index (Phi) is 5.20. The number of aromatic nitrogens is 1. The van der Waals surface area contributed by atoms with Crippen LogP contribution < -0.4 is 5.32 Å². The van der Waals surface area contributed by atoms with Gasteiger partial charge < -0.3 is 15.2 Å². The molecular weight excluding hydrogens is 361 g/mol. The molecule has 27 heavy (non-hydrogen) atoms. The summed E-state index contributed by atoms with van der Waals surface area (Å²) >= 11 is 0. The number of fused-ring (bicyclic) bond motifs is 1. The second-order valence-electron chi connectivity index (χ2n) is 6.35. The lowest BCUT2D eigenvalue weighted by Gasteiger charge is -2.21. The summed E-state index contributed by atoms with van der Waals surface area (Å²) in [6.07, 6.45) is 0.307. The largest absolute Gasteiger partial charge is 0.416 e. The highest BCUT2D eigenvalue weighted by atomic mass is 19.4. The van der Waals surface area contributed by atoms with Gasteiger partial charge in [0.25, 0.3) is 5.91 Å². The van der Waals surface area contributed by atoms with Crippen molar-refractivity contribution in [2.45, 2.75) is 25.1 Å². The van der Waals surface area contributed by atoms with E-state index in [1.807, 2.05) is 0 Å². The number of hydrogen-bond donors (Lipinski definition) is 2. The Morgan fingerprint density at radius 1 is 1.41 bits per heavy atom. The van der Waals surface area contributed by atoms with E-state index in [-0.39, 0.29) is 29.6 Å². The standard InChI is InChI=1S/C18H19F3N4O2/c1-22-8-12-3-2-6-25(12)16(26)10-24-17(27)14-9-23-15-7-11(18(19,20)21)4-5-13(14)15/h4-5,7-9,12,23H,2-3,6,10H2,1H3,(H,24,27)/t12-/m0/s1. The molecule has 2 heterocycles. The van der Waals surface area contributed by atoms with Crippen LogP contribution in [0.25, 0.3) is 10.9 Å². The number of halogens is 3. The number of hydrogen-bond acceptors (Lipinski definition) is 3. The molecule has 2 amide bonds. The molecule has 0 radical (unpaired) electrons. The summed E-state index contributed by atoms with van der Waals surface area (Å²) in [7, 11) is 1.64. The number of carbonyl (C=O) groups is 2. The van der Waals surface area contributed by atoms with E-state index >= 15 is 0 Å². The smallest absolute Gasteiger partial charge is 0.360 e. The predicted molar refractivity (Wildman–Crippen MR) is 94.8 cm³/mol. The maximum atomic E-state index is 12.8. The molecule has 1 aliphatic heterocycles. The monoisotopic (exact) mass is 380 g/mol. The zero-order valence-electron chi connectivity index (χ0n) is 14.6. The van der Waals surface area contributed by atoms with E-state index in [2.05, 4.69) is 15.3 Å². The van der Waals surface area contributed by atoms with Crippen molar-refractivity contribution in [1.29, 1.82) is 0 Å². The normalized spacial score (nSPS) is 17.8. The van der Waals surface area contributed by atoms with Gasteiger partial charge in [-0.05, 0) is 25.0 Å². The van der Waals surface area contributed by atoms with Gasteiger partial charge in [0.1, 0.15) is 0 Å². The fourth-order valence-electron chi connectivity index (χ4n) is 3.27. The molecule has 0 bridgehead atoms. The number of aliphatic imine (C=N–C) groups is 1. The second-order valence-corrected chi connectivity index (χ2v) is 6.35. The number of H-pyrrole nitrogens is 1. The molecule has 6 nitrogen and oxygen atoms in total. The highest BCUT2D eigenvalue weighted by Gasteiger charge is 2.31. The van der Waals surface area contributed by atoms with Crippen molar-refractivity contribution in [2.75, 3.05) is 20.1 Å².